The molecule has 0 radical (unpaired) electrons. The smallest absolute Gasteiger partial charge is 0.271 e. The monoisotopic (exact) mass is 349 g/mol. The number of hydrogen-bond acceptors (Lipinski definition) is 5. The minimum absolute atomic E-state index is 0.0275. The zero-order chi connectivity index (χ0) is 17.9. The molecule has 0 unspecified atom stereocenters. The number of carbonyl (C=O) groups excluding carboxylic acids is 1. The Bertz CT molecular complexity index is 909. The number of non-ortho nitro benzene ring substituents is 1. The predicted molar refractivity (Wildman–Crippen MR) is 89.4 cm³/mol. The Morgan fingerprint density at radius 2 is 1.83 bits per heavy atom. The lowest BCUT2D eigenvalue weighted by molar-refractivity contribution is -0.384. The van der Waals surface area contributed by atoms with Crippen molar-refractivity contribution >= 4 is 33.0 Å². The Morgan fingerprint density at radius 1 is 1.12 bits per heavy atom. The van der Waals surface area contributed by atoms with Gasteiger partial charge in [-0.15, -0.1) is 0 Å². The van der Waals surface area contributed by atoms with Crippen LogP contribution in [0.1, 0.15) is 12.5 Å². The summed E-state index contributed by atoms with van der Waals surface area (Å²) in [5.41, 5.74) is 0.669. The van der Waals surface area contributed by atoms with E-state index in [0.29, 0.717) is 11.3 Å². The van der Waals surface area contributed by atoms with Crippen LogP contribution in [0.4, 0.5) is 17.1 Å². The fourth-order valence-electron chi connectivity index (χ4n) is 2.06. The second-order valence-electron chi connectivity index (χ2n) is 5.07. The van der Waals surface area contributed by atoms with Gasteiger partial charge >= 0.3 is 0 Å². The third-order valence-electron chi connectivity index (χ3n) is 3.11. The van der Waals surface area contributed by atoms with Crippen molar-refractivity contribution in [3.8, 4) is 0 Å². The van der Waals surface area contributed by atoms with Crippen LogP contribution in [0.5, 0.6) is 0 Å². The number of anilines is 2. The summed E-state index contributed by atoms with van der Waals surface area (Å²) in [5, 5.41) is 13.3. The molecule has 2 rings (SSSR count). The zero-order valence-electron chi connectivity index (χ0n) is 12.9. The molecule has 0 aliphatic heterocycles. The topological polar surface area (TPSA) is 118 Å². The quantitative estimate of drug-likeness (QED) is 0.635. The minimum atomic E-state index is -3.97. The van der Waals surface area contributed by atoms with Crippen molar-refractivity contribution in [1.82, 2.24) is 0 Å². The van der Waals surface area contributed by atoms with E-state index in [0.717, 1.165) is 6.07 Å². The van der Waals surface area contributed by atoms with Crippen molar-refractivity contribution in [3.63, 3.8) is 0 Å². The first kappa shape index (κ1) is 17.4. The number of benzene rings is 2. The van der Waals surface area contributed by atoms with Crippen LogP contribution in [0.25, 0.3) is 0 Å². The van der Waals surface area contributed by atoms with Gasteiger partial charge in [-0.05, 0) is 30.7 Å². The minimum Gasteiger partial charge on any atom is -0.326 e. The molecular weight excluding hydrogens is 334 g/mol. The molecule has 0 heterocycles. The molecule has 24 heavy (non-hydrogen) atoms. The molecule has 0 bridgehead atoms. The summed E-state index contributed by atoms with van der Waals surface area (Å²) in [6, 6.07) is 9.67. The number of nitrogens with zero attached hydrogens (tertiary/aromatic N) is 1. The Labute approximate surface area is 138 Å². The molecule has 0 aliphatic carbocycles. The Hall–Kier alpha value is -2.94. The van der Waals surface area contributed by atoms with Gasteiger partial charge in [-0.2, -0.15) is 0 Å². The van der Waals surface area contributed by atoms with Crippen molar-refractivity contribution < 1.29 is 18.1 Å². The highest BCUT2D eigenvalue weighted by Crippen LogP contribution is 2.24. The average Bonchev–Trinajstić information content (AvgIpc) is 2.48. The number of nitro benzene ring substituents is 1. The maximum Gasteiger partial charge on any atom is 0.271 e. The van der Waals surface area contributed by atoms with E-state index in [1.54, 1.807) is 19.1 Å². The van der Waals surface area contributed by atoms with Gasteiger partial charge < -0.3 is 5.32 Å². The summed E-state index contributed by atoms with van der Waals surface area (Å²) in [5.74, 6) is -0.325. The molecule has 0 saturated heterocycles. The van der Waals surface area contributed by atoms with Crippen molar-refractivity contribution in [1.29, 1.82) is 0 Å². The normalized spacial score (nSPS) is 10.9. The third kappa shape index (κ3) is 4.07. The average molecular weight is 349 g/mol. The molecule has 0 atom stereocenters. The van der Waals surface area contributed by atoms with Gasteiger partial charge in [0.15, 0.2) is 0 Å². The fourth-order valence-corrected chi connectivity index (χ4v) is 3.38. The summed E-state index contributed by atoms with van der Waals surface area (Å²) < 4.78 is 27.4. The number of nitro groups is 1. The molecule has 0 saturated carbocycles. The Balaban J connectivity index is 2.38. The van der Waals surface area contributed by atoms with Gasteiger partial charge in [0, 0.05) is 24.7 Å². The van der Waals surface area contributed by atoms with Crippen molar-refractivity contribution in [2.45, 2.75) is 18.7 Å². The van der Waals surface area contributed by atoms with E-state index < -0.39 is 14.9 Å². The van der Waals surface area contributed by atoms with Crippen LogP contribution in [0, 0.1) is 17.0 Å². The lowest BCUT2D eigenvalue weighted by Gasteiger charge is -2.12. The van der Waals surface area contributed by atoms with Crippen LogP contribution in [-0.2, 0) is 14.8 Å². The highest BCUT2D eigenvalue weighted by molar-refractivity contribution is 7.92. The molecule has 1 amide bonds. The number of sulfonamides is 1. The van der Waals surface area contributed by atoms with Gasteiger partial charge in [0.25, 0.3) is 15.7 Å². The van der Waals surface area contributed by atoms with Gasteiger partial charge in [0.1, 0.15) is 0 Å². The van der Waals surface area contributed by atoms with Crippen molar-refractivity contribution in [2.75, 3.05) is 10.0 Å². The molecule has 2 aromatic carbocycles. The highest BCUT2D eigenvalue weighted by atomic mass is 32.2. The number of hydrogen-bond donors (Lipinski definition) is 2. The van der Waals surface area contributed by atoms with Gasteiger partial charge in [-0.25, -0.2) is 8.42 Å². The molecule has 0 fully saturated rings. The second kappa shape index (κ2) is 6.67. The third-order valence-corrected chi connectivity index (χ3v) is 4.63. The Kier molecular flexibility index (Phi) is 4.84. The summed E-state index contributed by atoms with van der Waals surface area (Å²) in [6.07, 6.45) is 0. The lowest BCUT2D eigenvalue weighted by atomic mass is 10.2. The van der Waals surface area contributed by atoms with Crippen LogP contribution < -0.4 is 10.0 Å². The van der Waals surface area contributed by atoms with Crippen LogP contribution in [-0.4, -0.2) is 19.2 Å². The number of carbonyl (C=O) groups is 1. The molecular formula is C15H15N3O5S. The van der Waals surface area contributed by atoms with E-state index >= 15 is 0 Å². The highest BCUT2D eigenvalue weighted by Gasteiger charge is 2.19. The van der Waals surface area contributed by atoms with E-state index in [1.165, 1.54) is 31.2 Å². The first-order valence-corrected chi connectivity index (χ1v) is 8.33. The molecule has 2 N–H and O–H groups in total. The molecule has 8 nitrogen and oxygen atoms in total. The summed E-state index contributed by atoms with van der Waals surface area (Å²) in [6.45, 7) is 2.93. The first-order valence-electron chi connectivity index (χ1n) is 6.84. The number of rotatable bonds is 5. The molecule has 0 spiro atoms. The van der Waals surface area contributed by atoms with Crippen LogP contribution in [0.2, 0.25) is 0 Å². The fraction of sp³-hybridized carbons (Fsp3) is 0.133. The standard InChI is InChI=1S/C15H15N3O5S/c1-10-6-7-12(16-11(2)19)9-15(10)24(22,23)17-13-4-3-5-14(8-13)18(20)21/h3-9,17H,1-2H3,(H,16,19). The lowest BCUT2D eigenvalue weighted by Crippen LogP contribution is -2.15. The van der Waals surface area contributed by atoms with Gasteiger partial charge in [0.05, 0.1) is 15.5 Å². The molecule has 2 aromatic rings. The Morgan fingerprint density at radius 3 is 2.46 bits per heavy atom. The van der Waals surface area contributed by atoms with E-state index in [9.17, 15) is 23.3 Å². The SMILES string of the molecule is CC(=O)Nc1ccc(C)c(S(=O)(=O)Nc2cccc([N+](=O)[O-])c2)c1. The van der Waals surface area contributed by atoms with E-state index in [2.05, 4.69) is 10.0 Å². The van der Waals surface area contributed by atoms with Crippen LogP contribution >= 0.6 is 0 Å². The number of aryl methyl sites for hydroxylation is 1. The second-order valence-corrected chi connectivity index (χ2v) is 6.73. The molecule has 0 aliphatic rings. The van der Waals surface area contributed by atoms with Crippen LogP contribution in [0.15, 0.2) is 47.4 Å². The molecule has 126 valence electrons. The summed E-state index contributed by atoms with van der Waals surface area (Å²) in [4.78, 5) is 21.3. The number of amides is 1. The van der Waals surface area contributed by atoms with Gasteiger partial charge in [-0.1, -0.05) is 12.1 Å². The maximum absolute atomic E-state index is 12.5. The summed E-state index contributed by atoms with van der Waals surface area (Å²) in [7, 11) is -3.97. The van der Waals surface area contributed by atoms with Crippen molar-refractivity contribution in [3.05, 3.63) is 58.1 Å². The van der Waals surface area contributed by atoms with E-state index in [1.807, 2.05) is 0 Å². The maximum atomic E-state index is 12.5. The van der Waals surface area contributed by atoms with E-state index in [4.69, 9.17) is 0 Å². The van der Waals surface area contributed by atoms with Gasteiger partial charge in [-0.3, -0.25) is 19.6 Å². The predicted octanol–water partition coefficient (Wildman–Crippen LogP) is 2.66. The van der Waals surface area contributed by atoms with Crippen molar-refractivity contribution in [2.24, 2.45) is 0 Å². The first-order chi connectivity index (χ1) is 11.2. The molecule has 0 aromatic heterocycles. The van der Waals surface area contributed by atoms with E-state index in [-0.39, 0.29) is 22.2 Å². The zero-order valence-corrected chi connectivity index (χ0v) is 13.8. The molecule has 9 heteroatoms. The van der Waals surface area contributed by atoms with Crippen LogP contribution in [0.3, 0.4) is 0 Å². The summed E-state index contributed by atoms with van der Waals surface area (Å²) >= 11 is 0. The van der Waals surface area contributed by atoms with Gasteiger partial charge in [0.2, 0.25) is 5.91 Å². The number of nitrogens with one attached hydrogen (secondary N) is 2. The largest absolute Gasteiger partial charge is 0.326 e.